The lowest BCUT2D eigenvalue weighted by Crippen LogP contribution is -2.21. The van der Waals surface area contributed by atoms with Crippen molar-refractivity contribution in [2.45, 2.75) is 19.9 Å². The standard InChI is InChI=1S/C13H16N2S/c1-3-15-13(11-4-5-16-9-11)12-6-10(2)7-14-8-12/h4-9,13,15H,3H2,1-2H3. The van der Waals surface area contributed by atoms with E-state index in [4.69, 9.17) is 0 Å². The van der Waals surface area contributed by atoms with Gasteiger partial charge in [-0.15, -0.1) is 0 Å². The Balaban J connectivity index is 2.33. The number of rotatable bonds is 4. The third-order valence-corrected chi connectivity index (χ3v) is 3.22. The molecule has 0 aliphatic heterocycles. The summed E-state index contributed by atoms with van der Waals surface area (Å²) in [4.78, 5) is 4.26. The van der Waals surface area contributed by atoms with Crippen LogP contribution in [0, 0.1) is 6.92 Å². The summed E-state index contributed by atoms with van der Waals surface area (Å²) in [5.74, 6) is 0. The van der Waals surface area contributed by atoms with E-state index in [0.717, 1.165) is 6.54 Å². The fraction of sp³-hybridized carbons (Fsp3) is 0.308. The molecule has 0 bridgehead atoms. The van der Waals surface area contributed by atoms with Crippen molar-refractivity contribution >= 4 is 11.3 Å². The molecule has 0 aliphatic carbocycles. The Hall–Kier alpha value is -1.19. The largest absolute Gasteiger partial charge is 0.306 e. The minimum Gasteiger partial charge on any atom is -0.306 e. The summed E-state index contributed by atoms with van der Waals surface area (Å²) in [6.07, 6.45) is 3.83. The number of nitrogens with one attached hydrogen (secondary N) is 1. The molecular formula is C13H16N2S. The summed E-state index contributed by atoms with van der Waals surface area (Å²) in [7, 11) is 0. The van der Waals surface area contributed by atoms with Crippen LogP contribution < -0.4 is 5.32 Å². The molecule has 0 aliphatic rings. The van der Waals surface area contributed by atoms with Crippen molar-refractivity contribution in [1.29, 1.82) is 0 Å². The molecule has 2 nitrogen and oxygen atoms in total. The summed E-state index contributed by atoms with van der Waals surface area (Å²) in [5.41, 5.74) is 3.76. The third kappa shape index (κ3) is 2.49. The Morgan fingerprint density at radius 3 is 2.88 bits per heavy atom. The van der Waals surface area contributed by atoms with E-state index in [2.05, 4.69) is 47.0 Å². The van der Waals surface area contributed by atoms with Crippen molar-refractivity contribution in [3.05, 3.63) is 52.0 Å². The fourth-order valence-corrected chi connectivity index (χ4v) is 2.49. The number of hydrogen-bond acceptors (Lipinski definition) is 3. The van der Waals surface area contributed by atoms with Crippen molar-refractivity contribution < 1.29 is 0 Å². The molecule has 84 valence electrons. The maximum atomic E-state index is 4.26. The maximum absolute atomic E-state index is 4.26. The van der Waals surface area contributed by atoms with E-state index in [1.54, 1.807) is 11.3 Å². The van der Waals surface area contributed by atoms with Gasteiger partial charge in [0.25, 0.3) is 0 Å². The van der Waals surface area contributed by atoms with Crippen LogP contribution in [-0.2, 0) is 0 Å². The first kappa shape index (κ1) is 11.3. The molecule has 2 heterocycles. The van der Waals surface area contributed by atoms with Gasteiger partial charge in [-0.3, -0.25) is 4.98 Å². The van der Waals surface area contributed by atoms with E-state index in [0.29, 0.717) is 0 Å². The number of aromatic nitrogens is 1. The molecule has 0 saturated heterocycles. The molecule has 3 heteroatoms. The molecule has 2 aromatic heterocycles. The topological polar surface area (TPSA) is 24.9 Å². The summed E-state index contributed by atoms with van der Waals surface area (Å²) in [5, 5.41) is 7.80. The predicted molar refractivity (Wildman–Crippen MR) is 68.8 cm³/mol. The average molecular weight is 232 g/mol. The van der Waals surface area contributed by atoms with Gasteiger partial charge >= 0.3 is 0 Å². The predicted octanol–water partition coefficient (Wildman–Crippen LogP) is 3.15. The van der Waals surface area contributed by atoms with E-state index in [1.165, 1.54) is 16.7 Å². The van der Waals surface area contributed by atoms with E-state index in [9.17, 15) is 0 Å². The monoisotopic (exact) mass is 232 g/mol. The molecule has 0 spiro atoms. The van der Waals surface area contributed by atoms with Crippen molar-refractivity contribution in [2.75, 3.05) is 6.54 Å². The number of hydrogen-bond donors (Lipinski definition) is 1. The van der Waals surface area contributed by atoms with Crippen molar-refractivity contribution in [2.24, 2.45) is 0 Å². The van der Waals surface area contributed by atoms with Gasteiger partial charge < -0.3 is 5.32 Å². The zero-order valence-corrected chi connectivity index (χ0v) is 10.4. The first-order valence-corrected chi connectivity index (χ1v) is 6.42. The van der Waals surface area contributed by atoms with Gasteiger partial charge in [-0.25, -0.2) is 0 Å². The summed E-state index contributed by atoms with van der Waals surface area (Å²) in [6.45, 7) is 5.16. The maximum Gasteiger partial charge on any atom is 0.0600 e. The van der Waals surface area contributed by atoms with Gasteiger partial charge in [0.1, 0.15) is 0 Å². The van der Waals surface area contributed by atoms with Crippen LogP contribution in [-0.4, -0.2) is 11.5 Å². The molecular weight excluding hydrogens is 216 g/mol. The second-order valence-corrected chi connectivity index (χ2v) is 4.62. The summed E-state index contributed by atoms with van der Waals surface area (Å²) >= 11 is 1.73. The van der Waals surface area contributed by atoms with Gasteiger partial charge in [-0.1, -0.05) is 13.0 Å². The minimum atomic E-state index is 0.267. The van der Waals surface area contributed by atoms with Gasteiger partial charge in [0.15, 0.2) is 0 Å². The highest BCUT2D eigenvalue weighted by atomic mass is 32.1. The first-order chi connectivity index (χ1) is 7.81. The van der Waals surface area contributed by atoms with Crippen LogP contribution in [0.15, 0.2) is 35.3 Å². The van der Waals surface area contributed by atoms with Crippen molar-refractivity contribution in [1.82, 2.24) is 10.3 Å². The Labute approximate surface area is 100 Å². The van der Waals surface area contributed by atoms with Crippen LogP contribution in [0.1, 0.15) is 29.7 Å². The smallest absolute Gasteiger partial charge is 0.0600 e. The normalized spacial score (nSPS) is 12.6. The van der Waals surface area contributed by atoms with Crippen LogP contribution in [0.4, 0.5) is 0 Å². The zero-order valence-electron chi connectivity index (χ0n) is 9.60. The highest BCUT2D eigenvalue weighted by molar-refractivity contribution is 7.08. The number of thiophene rings is 1. The third-order valence-electron chi connectivity index (χ3n) is 2.51. The molecule has 0 fully saturated rings. The van der Waals surface area contributed by atoms with Crippen molar-refractivity contribution in [3.63, 3.8) is 0 Å². The fourth-order valence-electron chi connectivity index (χ4n) is 1.81. The lowest BCUT2D eigenvalue weighted by atomic mass is 10.0. The molecule has 0 amide bonds. The summed E-state index contributed by atoms with van der Waals surface area (Å²) < 4.78 is 0. The average Bonchev–Trinajstić information content (AvgIpc) is 2.79. The molecule has 16 heavy (non-hydrogen) atoms. The van der Waals surface area contributed by atoms with E-state index in [1.807, 2.05) is 12.4 Å². The second-order valence-electron chi connectivity index (χ2n) is 3.84. The van der Waals surface area contributed by atoms with E-state index in [-0.39, 0.29) is 6.04 Å². The minimum absolute atomic E-state index is 0.267. The van der Waals surface area contributed by atoms with Gasteiger partial charge in [-0.05, 0) is 47.0 Å². The highest BCUT2D eigenvalue weighted by Gasteiger charge is 2.13. The van der Waals surface area contributed by atoms with Gasteiger partial charge in [0, 0.05) is 12.4 Å². The lowest BCUT2D eigenvalue weighted by molar-refractivity contribution is 0.630. The zero-order chi connectivity index (χ0) is 11.4. The first-order valence-electron chi connectivity index (χ1n) is 5.48. The lowest BCUT2D eigenvalue weighted by Gasteiger charge is -2.17. The molecule has 1 atom stereocenters. The SMILES string of the molecule is CCNC(c1ccsc1)c1cncc(C)c1. The quantitative estimate of drug-likeness (QED) is 0.876. The van der Waals surface area contributed by atoms with Crippen LogP contribution >= 0.6 is 11.3 Å². The number of aryl methyl sites for hydroxylation is 1. The van der Waals surface area contributed by atoms with Crippen LogP contribution in [0.25, 0.3) is 0 Å². The molecule has 0 radical (unpaired) electrons. The molecule has 2 aromatic rings. The van der Waals surface area contributed by atoms with Crippen LogP contribution in [0.5, 0.6) is 0 Å². The van der Waals surface area contributed by atoms with Crippen molar-refractivity contribution in [3.8, 4) is 0 Å². The Morgan fingerprint density at radius 1 is 1.38 bits per heavy atom. The van der Waals surface area contributed by atoms with Gasteiger partial charge in [0.05, 0.1) is 6.04 Å². The number of nitrogens with zero attached hydrogens (tertiary/aromatic N) is 1. The van der Waals surface area contributed by atoms with Crippen LogP contribution in [0.3, 0.4) is 0 Å². The second kappa shape index (κ2) is 5.23. The Bertz CT molecular complexity index is 437. The Kier molecular flexibility index (Phi) is 3.70. The molecule has 1 unspecified atom stereocenters. The van der Waals surface area contributed by atoms with Gasteiger partial charge in [0.2, 0.25) is 0 Å². The highest BCUT2D eigenvalue weighted by Crippen LogP contribution is 2.23. The molecule has 0 aromatic carbocycles. The molecule has 1 N–H and O–H groups in total. The molecule has 0 saturated carbocycles. The summed E-state index contributed by atoms with van der Waals surface area (Å²) in [6, 6.07) is 4.63. The van der Waals surface area contributed by atoms with E-state index < -0.39 is 0 Å². The van der Waals surface area contributed by atoms with E-state index >= 15 is 0 Å². The number of pyridine rings is 1. The van der Waals surface area contributed by atoms with Gasteiger partial charge in [-0.2, -0.15) is 11.3 Å². The molecule has 2 rings (SSSR count). The van der Waals surface area contributed by atoms with Crippen LogP contribution in [0.2, 0.25) is 0 Å². The Morgan fingerprint density at radius 2 is 2.25 bits per heavy atom.